The molecule has 3 rings (SSSR count). The number of carbonyl (C=O) groups excluding carboxylic acids is 1. The molecule has 0 spiro atoms. The molecular formula is C14H16ClF3N2O2. The second-order valence-electron chi connectivity index (χ2n) is 5.21. The normalized spacial score (nSPS) is 19.2. The van der Waals surface area contributed by atoms with Crippen molar-refractivity contribution in [3.05, 3.63) is 23.8 Å². The summed E-state index contributed by atoms with van der Waals surface area (Å²) >= 11 is 0. The van der Waals surface area contributed by atoms with Crippen LogP contribution in [-0.4, -0.2) is 31.6 Å². The van der Waals surface area contributed by atoms with E-state index in [1.54, 1.807) is 4.90 Å². The largest absolute Gasteiger partial charge is 0.482 e. The third-order valence-electron chi connectivity index (χ3n) is 3.84. The highest BCUT2D eigenvalue weighted by atomic mass is 35.5. The van der Waals surface area contributed by atoms with Crippen molar-refractivity contribution < 1.29 is 22.7 Å². The van der Waals surface area contributed by atoms with E-state index in [4.69, 9.17) is 4.74 Å². The highest BCUT2D eigenvalue weighted by Crippen LogP contribution is 2.39. The van der Waals surface area contributed by atoms with Crippen LogP contribution in [0.3, 0.4) is 0 Å². The first-order valence-electron chi connectivity index (χ1n) is 6.83. The molecule has 1 N–H and O–H groups in total. The van der Waals surface area contributed by atoms with Crippen molar-refractivity contribution in [2.75, 3.05) is 24.6 Å². The summed E-state index contributed by atoms with van der Waals surface area (Å²) < 4.78 is 43.4. The van der Waals surface area contributed by atoms with Crippen LogP contribution in [0.15, 0.2) is 18.2 Å². The number of nitrogens with one attached hydrogen (secondary N) is 1. The van der Waals surface area contributed by atoms with Gasteiger partial charge in [0.1, 0.15) is 5.75 Å². The molecule has 1 aromatic carbocycles. The maximum Gasteiger partial charge on any atom is 0.416 e. The van der Waals surface area contributed by atoms with Gasteiger partial charge in [0, 0.05) is 6.04 Å². The second kappa shape index (κ2) is 6.34. The van der Waals surface area contributed by atoms with Gasteiger partial charge in [0.2, 0.25) is 0 Å². The molecule has 1 fully saturated rings. The van der Waals surface area contributed by atoms with Crippen molar-refractivity contribution in [3.8, 4) is 5.75 Å². The van der Waals surface area contributed by atoms with Gasteiger partial charge in [-0.1, -0.05) is 0 Å². The maximum absolute atomic E-state index is 12.7. The summed E-state index contributed by atoms with van der Waals surface area (Å²) in [5, 5.41) is 3.20. The van der Waals surface area contributed by atoms with Gasteiger partial charge in [0.25, 0.3) is 5.91 Å². The van der Waals surface area contributed by atoms with E-state index in [0.29, 0.717) is 5.69 Å². The molecule has 0 aromatic heterocycles. The number of nitrogens with zero attached hydrogens (tertiary/aromatic N) is 1. The molecule has 2 aliphatic heterocycles. The third-order valence-corrected chi connectivity index (χ3v) is 3.84. The summed E-state index contributed by atoms with van der Waals surface area (Å²) in [6, 6.07) is 3.31. The number of rotatable bonds is 1. The van der Waals surface area contributed by atoms with Crippen LogP contribution in [0.25, 0.3) is 0 Å². The lowest BCUT2D eigenvalue weighted by atomic mass is 10.0. The zero-order valence-corrected chi connectivity index (χ0v) is 12.5. The average molecular weight is 337 g/mol. The quantitative estimate of drug-likeness (QED) is 0.857. The van der Waals surface area contributed by atoms with Gasteiger partial charge in [-0.2, -0.15) is 13.2 Å². The van der Waals surface area contributed by atoms with Gasteiger partial charge in [0.05, 0.1) is 11.3 Å². The van der Waals surface area contributed by atoms with Crippen molar-refractivity contribution in [1.29, 1.82) is 0 Å². The van der Waals surface area contributed by atoms with E-state index in [0.717, 1.165) is 38.1 Å². The highest BCUT2D eigenvalue weighted by molar-refractivity contribution is 5.98. The van der Waals surface area contributed by atoms with Gasteiger partial charge < -0.3 is 15.0 Å². The highest BCUT2D eigenvalue weighted by Gasteiger charge is 2.36. The average Bonchev–Trinajstić information content (AvgIpc) is 2.46. The number of carbonyl (C=O) groups is 1. The number of fused-ring (bicyclic) bond motifs is 1. The number of benzene rings is 1. The van der Waals surface area contributed by atoms with Gasteiger partial charge in [-0.05, 0) is 44.1 Å². The van der Waals surface area contributed by atoms with Crippen molar-refractivity contribution in [1.82, 2.24) is 5.32 Å². The molecule has 22 heavy (non-hydrogen) atoms. The van der Waals surface area contributed by atoms with Crippen molar-refractivity contribution in [2.45, 2.75) is 25.1 Å². The monoisotopic (exact) mass is 336 g/mol. The van der Waals surface area contributed by atoms with E-state index >= 15 is 0 Å². The van der Waals surface area contributed by atoms with E-state index in [9.17, 15) is 18.0 Å². The molecule has 0 radical (unpaired) electrons. The lowest BCUT2D eigenvalue weighted by Gasteiger charge is -2.38. The van der Waals surface area contributed by atoms with Crippen molar-refractivity contribution in [3.63, 3.8) is 0 Å². The maximum atomic E-state index is 12.7. The number of alkyl halides is 3. The molecule has 122 valence electrons. The van der Waals surface area contributed by atoms with Crippen LogP contribution in [0.2, 0.25) is 0 Å². The Bertz CT molecular complexity index is 560. The lowest BCUT2D eigenvalue weighted by molar-refractivity contribution is -0.137. The summed E-state index contributed by atoms with van der Waals surface area (Å²) in [5.74, 6) is -0.0721. The zero-order valence-electron chi connectivity index (χ0n) is 11.7. The fraction of sp³-hybridized carbons (Fsp3) is 0.500. The number of piperidine rings is 1. The predicted octanol–water partition coefficient (Wildman–Crippen LogP) is 2.60. The van der Waals surface area contributed by atoms with Crippen LogP contribution in [0.1, 0.15) is 18.4 Å². The van der Waals surface area contributed by atoms with Crippen LogP contribution in [-0.2, 0) is 11.0 Å². The molecular weight excluding hydrogens is 321 g/mol. The summed E-state index contributed by atoms with van der Waals surface area (Å²) in [7, 11) is 0. The molecule has 1 amide bonds. The van der Waals surface area contributed by atoms with Crippen molar-refractivity contribution >= 4 is 24.0 Å². The second-order valence-corrected chi connectivity index (χ2v) is 5.21. The van der Waals surface area contributed by atoms with Crippen molar-refractivity contribution in [2.24, 2.45) is 0 Å². The topological polar surface area (TPSA) is 41.6 Å². The Kier molecular flexibility index (Phi) is 4.87. The van der Waals surface area contributed by atoms with E-state index in [1.807, 2.05) is 0 Å². The van der Waals surface area contributed by atoms with E-state index in [2.05, 4.69) is 5.32 Å². The molecule has 4 nitrogen and oxygen atoms in total. The van der Waals surface area contributed by atoms with Crippen LogP contribution in [0.4, 0.5) is 18.9 Å². The molecule has 1 saturated heterocycles. The number of hydrogen-bond acceptors (Lipinski definition) is 3. The first-order chi connectivity index (χ1) is 9.97. The van der Waals surface area contributed by atoms with Crippen LogP contribution < -0.4 is 15.0 Å². The molecule has 0 atom stereocenters. The molecule has 1 aromatic rings. The summed E-state index contributed by atoms with van der Waals surface area (Å²) in [6.45, 7) is 1.38. The number of halogens is 4. The Morgan fingerprint density at radius 2 is 1.91 bits per heavy atom. The fourth-order valence-electron chi connectivity index (χ4n) is 2.81. The summed E-state index contributed by atoms with van der Waals surface area (Å²) in [4.78, 5) is 13.7. The van der Waals surface area contributed by atoms with Gasteiger partial charge in [0.15, 0.2) is 6.61 Å². The molecule has 8 heteroatoms. The number of anilines is 1. The van der Waals surface area contributed by atoms with E-state index in [1.165, 1.54) is 6.07 Å². The Balaban J connectivity index is 0.00000176. The number of hydrogen-bond donors (Lipinski definition) is 1. The molecule has 0 aliphatic carbocycles. The van der Waals surface area contributed by atoms with E-state index < -0.39 is 11.7 Å². The number of ether oxygens (including phenoxy) is 1. The third kappa shape index (κ3) is 3.15. The Morgan fingerprint density at radius 1 is 1.23 bits per heavy atom. The minimum absolute atomic E-state index is 0. The number of amides is 1. The van der Waals surface area contributed by atoms with Gasteiger partial charge in [-0.15, -0.1) is 12.4 Å². The zero-order chi connectivity index (χ0) is 15.0. The fourth-order valence-corrected chi connectivity index (χ4v) is 2.81. The lowest BCUT2D eigenvalue weighted by Crippen LogP contribution is -2.49. The predicted molar refractivity (Wildman–Crippen MR) is 77.6 cm³/mol. The van der Waals surface area contributed by atoms with Gasteiger partial charge in [-0.3, -0.25) is 4.79 Å². The summed E-state index contributed by atoms with van der Waals surface area (Å²) in [6.07, 6.45) is -2.85. The molecule has 0 saturated carbocycles. The first-order valence-corrected chi connectivity index (χ1v) is 6.83. The Morgan fingerprint density at radius 3 is 2.55 bits per heavy atom. The molecule has 2 heterocycles. The smallest absolute Gasteiger partial charge is 0.416 e. The van der Waals surface area contributed by atoms with Crippen LogP contribution in [0, 0.1) is 0 Å². The molecule has 0 bridgehead atoms. The Hall–Kier alpha value is -1.47. The minimum Gasteiger partial charge on any atom is -0.482 e. The minimum atomic E-state index is -4.42. The Labute approximate surface area is 132 Å². The van der Waals surface area contributed by atoms with Gasteiger partial charge in [-0.25, -0.2) is 0 Å². The molecule has 0 unspecified atom stereocenters. The van der Waals surface area contributed by atoms with Gasteiger partial charge >= 0.3 is 6.18 Å². The van der Waals surface area contributed by atoms with Crippen LogP contribution in [0.5, 0.6) is 5.75 Å². The van der Waals surface area contributed by atoms with E-state index in [-0.39, 0.29) is 36.7 Å². The first kappa shape index (κ1) is 16.9. The molecule has 2 aliphatic rings. The van der Waals surface area contributed by atoms with Crippen LogP contribution >= 0.6 is 12.4 Å². The SMILES string of the molecule is Cl.O=C1COc2cc(C(F)(F)F)ccc2N1C1CCNCC1. The standard InChI is InChI=1S/C14H15F3N2O2.ClH/c15-14(16,17)9-1-2-11-12(7-9)21-8-13(20)19(11)10-3-5-18-6-4-10;/h1-2,7,10,18H,3-6,8H2;1H. The summed E-state index contributed by atoms with van der Waals surface area (Å²) in [5.41, 5.74) is -0.327.